The average molecular weight is 654 g/mol. The van der Waals surface area contributed by atoms with Crippen LogP contribution >= 0.6 is 23.2 Å². The minimum Gasteiger partial charge on any atom is -0.480 e. The lowest BCUT2D eigenvalue weighted by Gasteiger charge is -2.32. The lowest BCUT2D eigenvalue weighted by atomic mass is 10.0. The number of nitrogens with zero attached hydrogens (tertiary/aromatic N) is 5. The molecule has 4 aromatic rings. The standard InChI is InChI=1S/C31H30Cl2N6O6/c1-37-15-20(29(41)38(2)31(37)44)27(40)35-21-11-7-9-18(26(21)33)17-8-6-10-19(25(17)32)22-14-34-23(28(36-22)45-3)16-39-13-5-4-12-24(39)30(42)43/h6-11,14-15,24H,4-5,12-13,16H2,1-3H3,(H,35,40)(H,42,43)/t24-/m0/s1. The largest absolute Gasteiger partial charge is 0.480 e. The summed E-state index contributed by atoms with van der Waals surface area (Å²) in [5.74, 6) is -1.33. The monoisotopic (exact) mass is 652 g/mol. The maximum Gasteiger partial charge on any atom is 0.330 e. The Morgan fingerprint density at radius 2 is 1.73 bits per heavy atom. The average Bonchev–Trinajstić information content (AvgIpc) is 3.03. The number of likely N-dealkylation sites (tertiary alicyclic amines) is 1. The molecular weight excluding hydrogens is 623 g/mol. The normalized spacial score (nSPS) is 15.1. The topological polar surface area (TPSA) is 149 Å². The summed E-state index contributed by atoms with van der Waals surface area (Å²) in [5, 5.41) is 12.8. The number of methoxy groups -OCH3 is 1. The van der Waals surface area contributed by atoms with Gasteiger partial charge >= 0.3 is 11.7 Å². The number of anilines is 1. The second kappa shape index (κ2) is 13.2. The van der Waals surface area contributed by atoms with Crippen LogP contribution in [0.1, 0.15) is 35.3 Å². The molecule has 234 valence electrons. The number of aryl methyl sites for hydroxylation is 1. The zero-order valence-electron chi connectivity index (χ0n) is 24.7. The van der Waals surface area contributed by atoms with E-state index in [2.05, 4.69) is 15.3 Å². The fourth-order valence-electron chi connectivity index (χ4n) is 5.38. The fraction of sp³-hybridized carbons (Fsp3) is 0.290. The molecule has 0 unspecified atom stereocenters. The van der Waals surface area contributed by atoms with Gasteiger partial charge in [-0.25, -0.2) is 9.78 Å². The number of ether oxygens (including phenoxy) is 1. The van der Waals surface area contributed by atoms with Gasteiger partial charge in [-0.05, 0) is 25.5 Å². The first kappa shape index (κ1) is 31.9. The first-order valence-corrected chi connectivity index (χ1v) is 14.8. The van der Waals surface area contributed by atoms with Crippen molar-refractivity contribution in [2.75, 3.05) is 19.0 Å². The maximum atomic E-state index is 13.0. The van der Waals surface area contributed by atoms with E-state index in [1.54, 1.807) is 42.6 Å². The van der Waals surface area contributed by atoms with Crippen LogP contribution in [-0.2, 0) is 25.4 Å². The summed E-state index contributed by atoms with van der Waals surface area (Å²) in [6, 6.07) is 9.73. The van der Waals surface area contributed by atoms with Crippen molar-refractivity contribution in [1.82, 2.24) is 24.0 Å². The zero-order chi connectivity index (χ0) is 32.4. The van der Waals surface area contributed by atoms with E-state index >= 15 is 0 Å². The van der Waals surface area contributed by atoms with E-state index in [-0.39, 0.29) is 28.7 Å². The molecule has 1 aliphatic rings. The van der Waals surface area contributed by atoms with Crippen molar-refractivity contribution in [1.29, 1.82) is 0 Å². The van der Waals surface area contributed by atoms with Gasteiger partial charge in [0, 0.05) is 43.5 Å². The van der Waals surface area contributed by atoms with Gasteiger partial charge in [-0.3, -0.25) is 28.8 Å². The van der Waals surface area contributed by atoms with Crippen LogP contribution < -0.4 is 21.3 Å². The third kappa shape index (κ3) is 6.35. The highest BCUT2D eigenvalue weighted by Crippen LogP contribution is 2.41. The highest BCUT2D eigenvalue weighted by atomic mass is 35.5. The SMILES string of the molecule is COc1nc(-c2cccc(-c3cccc(NC(=O)c4cn(C)c(=O)n(C)c4=O)c3Cl)c2Cl)cnc1CN1CCCC[C@H]1C(=O)O. The van der Waals surface area contributed by atoms with E-state index in [9.17, 15) is 24.3 Å². The molecule has 1 saturated heterocycles. The number of piperidine rings is 1. The molecule has 2 N–H and O–H groups in total. The summed E-state index contributed by atoms with van der Waals surface area (Å²) < 4.78 is 7.54. The van der Waals surface area contributed by atoms with Gasteiger partial charge < -0.3 is 19.7 Å². The highest BCUT2D eigenvalue weighted by molar-refractivity contribution is 6.39. The summed E-state index contributed by atoms with van der Waals surface area (Å²) in [6.45, 7) is 0.917. The van der Waals surface area contributed by atoms with Gasteiger partial charge in [0.15, 0.2) is 0 Å². The third-order valence-electron chi connectivity index (χ3n) is 7.76. The number of benzene rings is 2. The lowest BCUT2D eigenvalue weighted by Crippen LogP contribution is -2.44. The van der Waals surface area contributed by atoms with Crippen LogP contribution in [0.3, 0.4) is 0 Å². The summed E-state index contributed by atoms with van der Waals surface area (Å²) in [6.07, 6.45) is 5.08. The van der Waals surface area contributed by atoms with Crippen molar-refractivity contribution >= 4 is 40.8 Å². The maximum absolute atomic E-state index is 13.0. The molecule has 2 aromatic heterocycles. The Morgan fingerprint density at radius 3 is 2.44 bits per heavy atom. The summed E-state index contributed by atoms with van der Waals surface area (Å²) in [7, 11) is 4.21. The summed E-state index contributed by atoms with van der Waals surface area (Å²) in [5.41, 5.74) is 1.27. The van der Waals surface area contributed by atoms with Gasteiger partial charge in [-0.15, -0.1) is 0 Å². The number of aliphatic carboxylic acids is 1. The molecular formula is C31H30Cl2N6O6. The molecule has 1 atom stereocenters. The van der Waals surface area contributed by atoms with Gasteiger partial charge in [0.1, 0.15) is 17.3 Å². The second-order valence-electron chi connectivity index (χ2n) is 10.6. The van der Waals surface area contributed by atoms with Crippen LogP contribution in [0, 0.1) is 0 Å². The van der Waals surface area contributed by atoms with Crippen LogP contribution in [0.25, 0.3) is 22.4 Å². The molecule has 0 radical (unpaired) electrons. The number of hydrogen-bond acceptors (Lipinski definition) is 8. The van der Waals surface area contributed by atoms with E-state index in [1.165, 1.54) is 27.4 Å². The van der Waals surface area contributed by atoms with E-state index in [0.29, 0.717) is 46.1 Å². The number of carboxylic acids is 1. The van der Waals surface area contributed by atoms with E-state index in [0.717, 1.165) is 22.0 Å². The Labute approximate surface area is 267 Å². The van der Waals surface area contributed by atoms with E-state index in [1.807, 2.05) is 4.90 Å². The first-order chi connectivity index (χ1) is 21.5. The number of hydrogen-bond donors (Lipinski definition) is 2. The number of halogens is 2. The van der Waals surface area contributed by atoms with Gasteiger partial charge in [-0.1, -0.05) is 60.0 Å². The third-order valence-corrected chi connectivity index (χ3v) is 8.57. The van der Waals surface area contributed by atoms with Gasteiger partial charge in [0.05, 0.1) is 34.7 Å². The Kier molecular flexibility index (Phi) is 9.37. The Bertz CT molecular complexity index is 1920. The predicted molar refractivity (Wildman–Crippen MR) is 170 cm³/mol. The molecule has 0 saturated carbocycles. The minimum absolute atomic E-state index is 0.181. The Hall–Kier alpha value is -4.52. The first-order valence-electron chi connectivity index (χ1n) is 14.0. The number of carbonyl (C=O) groups excluding carboxylic acids is 1. The molecule has 0 bridgehead atoms. The molecule has 2 aromatic carbocycles. The van der Waals surface area contributed by atoms with Gasteiger partial charge in [0.2, 0.25) is 5.88 Å². The number of amides is 1. The van der Waals surface area contributed by atoms with Crippen LogP contribution in [-0.4, -0.2) is 60.7 Å². The molecule has 5 rings (SSSR count). The molecule has 1 amide bonds. The predicted octanol–water partition coefficient (Wildman–Crippen LogP) is 4.21. The van der Waals surface area contributed by atoms with Crippen LogP contribution in [0.5, 0.6) is 5.88 Å². The quantitative estimate of drug-likeness (QED) is 0.285. The smallest absolute Gasteiger partial charge is 0.330 e. The lowest BCUT2D eigenvalue weighted by molar-refractivity contribution is -0.144. The minimum atomic E-state index is -0.861. The van der Waals surface area contributed by atoms with Crippen LogP contribution in [0.2, 0.25) is 10.0 Å². The zero-order valence-corrected chi connectivity index (χ0v) is 26.2. The van der Waals surface area contributed by atoms with Crippen LogP contribution in [0.15, 0.2) is 58.4 Å². The van der Waals surface area contributed by atoms with Crippen molar-refractivity contribution in [2.45, 2.75) is 31.8 Å². The second-order valence-corrected chi connectivity index (χ2v) is 11.4. The molecule has 1 fully saturated rings. The van der Waals surface area contributed by atoms with E-state index in [4.69, 9.17) is 27.9 Å². The van der Waals surface area contributed by atoms with Crippen LogP contribution in [0.4, 0.5) is 5.69 Å². The molecule has 14 heteroatoms. The molecule has 3 heterocycles. The summed E-state index contributed by atoms with van der Waals surface area (Å²) in [4.78, 5) is 60.5. The number of carboxylic acid groups (broad SMARTS) is 1. The molecule has 45 heavy (non-hydrogen) atoms. The number of nitrogens with one attached hydrogen (secondary N) is 1. The van der Waals surface area contributed by atoms with Crippen molar-refractivity contribution in [3.8, 4) is 28.3 Å². The van der Waals surface area contributed by atoms with Crippen molar-refractivity contribution in [3.05, 3.63) is 90.9 Å². The Balaban J connectivity index is 1.45. The fourth-order valence-corrected chi connectivity index (χ4v) is 5.98. The molecule has 0 aliphatic carbocycles. The number of aromatic nitrogens is 4. The molecule has 1 aliphatic heterocycles. The molecule has 12 nitrogen and oxygen atoms in total. The Morgan fingerprint density at radius 1 is 1.04 bits per heavy atom. The number of rotatable bonds is 8. The molecule has 0 spiro atoms. The van der Waals surface area contributed by atoms with E-state index < -0.39 is 29.2 Å². The van der Waals surface area contributed by atoms with Crippen molar-refractivity contribution in [3.63, 3.8) is 0 Å². The highest BCUT2D eigenvalue weighted by Gasteiger charge is 2.30. The van der Waals surface area contributed by atoms with Gasteiger partial charge in [-0.2, -0.15) is 0 Å². The summed E-state index contributed by atoms with van der Waals surface area (Å²) >= 11 is 13.7. The number of carbonyl (C=O) groups is 2. The van der Waals surface area contributed by atoms with Crippen molar-refractivity contribution < 1.29 is 19.4 Å². The van der Waals surface area contributed by atoms with Crippen molar-refractivity contribution in [2.24, 2.45) is 14.1 Å². The van der Waals surface area contributed by atoms with Gasteiger partial charge in [0.25, 0.3) is 11.5 Å².